The summed E-state index contributed by atoms with van der Waals surface area (Å²) in [4.78, 5) is 0. The Morgan fingerprint density at radius 3 is 1.77 bits per heavy atom. The second-order valence-corrected chi connectivity index (χ2v) is 3.63. The second-order valence-electron chi connectivity index (χ2n) is 3.63. The molecule has 2 saturated heterocycles. The summed E-state index contributed by atoms with van der Waals surface area (Å²) in [5.74, 6) is 0. The molecule has 0 saturated carbocycles. The molecule has 0 N–H and O–H groups in total. The zero-order valence-electron chi connectivity index (χ0n) is 8.12. The Balaban J connectivity index is 2.00. The molecule has 0 aromatic heterocycles. The Hall–Kier alpha value is -0.160. The van der Waals surface area contributed by atoms with Gasteiger partial charge in [-0.1, -0.05) is 0 Å². The molecule has 0 aromatic rings. The first-order valence-electron chi connectivity index (χ1n) is 4.84. The van der Waals surface area contributed by atoms with E-state index in [0.717, 1.165) is 12.8 Å². The van der Waals surface area contributed by atoms with Gasteiger partial charge in [-0.3, -0.25) is 0 Å². The van der Waals surface area contributed by atoms with Crippen molar-refractivity contribution in [3.63, 3.8) is 0 Å². The molecule has 0 amide bonds. The summed E-state index contributed by atoms with van der Waals surface area (Å²) in [6.45, 7) is 5.26. The number of hydrogen-bond acceptors (Lipinski definition) is 4. The van der Waals surface area contributed by atoms with Crippen LogP contribution in [0.1, 0.15) is 26.7 Å². The molecule has 13 heavy (non-hydrogen) atoms. The van der Waals surface area contributed by atoms with Crippen LogP contribution in [0, 0.1) is 0 Å². The highest BCUT2D eigenvalue weighted by Crippen LogP contribution is 2.30. The molecule has 1 spiro atoms. The highest BCUT2D eigenvalue weighted by Gasteiger charge is 2.44. The van der Waals surface area contributed by atoms with E-state index in [4.69, 9.17) is 18.9 Å². The van der Waals surface area contributed by atoms with Gasteiger partial charge < -0.3 is 18.9 Å². The molecule has 4 nitrogen and oxygen atoms in total. The molecule has 2 unspecified atom stereocenters. The van der Waals surface area contributed by atoms with E-state index in [1.54, 1.807) is 0 Å². The predicted octanol–water partition coefficient (Wildman–Crippen LogP) is 1.25. The Morgan fingerprint density at radius 2 is 1.38 bits per heavy atom. The molecule has 2 atom stereocenters. The minimum absolute atomic E-state index is 0.138. The van der Waals surface area contributed by atoms with Crippen LogP contribution >= 0.6 is 0 Å². The standard InChI is InChI=1S/C9H16O4/c1-7-3-5-10-9(12-7)11-6-4-8(2)13-9/h7-8H,3-6H2,1-2H3. The van der Waals surface area contributed by atoms with Crippen molar-refractivity contribution >= 4 is 0 Å². The van der Waals surface area contributed by atoms with Crippen molar-refractivity contribution in [3.05, 3.63) is 0 Å². The largest absolute Gasteiger partial charge is 0.413 e. The van der Waals surface area contributed by atoms with E-state index in [1.807, 2.05) is 13.8 Å². The first-order valence-corrected chi connectivity index (χ1v) is 4.84. The molecule has 2 aliphatic rings. The fourth-order valence-corrected chi connectivity index (χ4v) is 1.52. The van der Waals surface area contributed by atoms with Gasteiger partial charge in [-0.05, 0) is 26.7 Å². The van der Waals surface area contributed by atoms with Crippen molar-refractivity contribution in [2.24, 2.45) is 0 Å². The molecule has 0 radical (unpaired) electrons. The molecule has 2 rings (SSSR count). The van der Waals surface area contributed by atoms with Crippen molar-refractivity contribution in [2.75, 3.05) is 13.2 Å². The lowest BCUT2D eigenvalue weighted by atomic mass is 10.2. The number of ether oxygens (including phenoxy) is 4. The van der Waals surface area contributed by atoms with Gasteiger partial charge in [0.05, 0.1) is 25.4 Å². The van der Waals surface area contributed by atoms with Gasteiger partial charge >= 0.3 is 6.16 Å². The van der Waals surface area contributed by atoms with Gasteiger partial charge in [-0.2, -0.15) is 0 Å². The van der Waals surface area contributed by atoms with Crippen LogP contribution in [0.4, 0.5) is 0 Å². The average Bonchev–Trinajstić information content (AvgIpc) is 2.02. The Bertz CT molecular complexity index is 162. The Labute approximate surface area is 78.1 Å². The fourth-order valence-electron chi connectivity index (χ4n) is 1.52. The maximum absolute atomic E-state index is 5.52. The smallest absolute Gasteiger partial charge is 0.303 e. The van der Waals surface area contributed by atoms with Gasteiger partial charge in [0.1, 0.15) is 0 Å². The molecule has 0 bridgehead atoms. The lowest BCUT2D eigenvalue weighted by molar-refractivity contribution is -0.542. The van der Waals surface area contributed by atoms with E-state index in [0.29, 0.717) is 13.2 Å². The van der Waals surface area contributed by atoms with Crippen LogP contribution in [0.3, 0.4) is 0 Å². The maximum atomic E-state index is 5.52. The minimum atomic E-state index is -1.20. The van der Waals surface area contributed by atoms with Gasteiger partial charge in [0, 0.05) is 0 Å². The first-order chi connectivity index (χ1) is 6.20. The van der Waals surface area contributed by atoms with Crippen LogP contribution in [-0.4, -0.2) is 31.6 Å². The summed E-state index contributed by atoms with van der Waals surface area (Å²) in [5.41, 5.74) is 0. The monoisotopic (exact) mass is 188 g/mol. The third-order valence-corrected chi connectivity index (χ3v) is 2.30. The van der Waals surface area contributed by atoms with Gasteiger partial charge in [-0.25, -0.2) is 0 Å². The van der Waals surface area contributed by atoms with Gasteiger partial charge in [0.2, 0.25) is 0 Å². The molecule has 2 heterocycles. The maximum Gasteiger partial charge on any atom is 0.413 e. The van der Waals surface area contributed by atoms with Gasteiger partial charge in [0.25, 0.3) is 0 Å². The zero-order valence-corrected chi connectivity index (χ0v) is 8.12. The van der Waals surface area contributed by atoms with Gasteiger partial charge in [0.15, 0.2) is 0 Å². The highest BCUT2D eigenvalue weighted by molar-refractivity contribution is 4.65. The van der Waals surface area contributed by atoms with E-state index >= 15 is 0 Å². The van der Waals surface area contributed by atoms with E-state index in [-0.39, 0.29) is 12.2 Å². The summed E-state index contributed by atoms with van der Waals surface area (Å²) >= 11 is 0. The van der Waals surface area contributed by atoms with E-state index in [9.17, 15) is 0 Å². The lowest BCUT2D eigenvalue weighted by Crippen LogP contribution is -2.52. The highest BCUT2D eigenvalue weighted by atomic mass is 17.0. The summed E-state index contributed by atoms with van der Waals surface area (Å²) in [6, 6.07) is 0. The molecular formula is C9H16O4. The van der Waals surface area contributed by atoms with Gasteiger partial charge in [-0.15, -0.1) is 0 Å². The van der Waals surface area contributed by atoms with Crippen LogP contribution < -0.4 is 0 Å². The van der Waals surface area contributed by atoms with E-state index in [1.165, 1.54) is 0 Å². The molecule has 4 heteroatoms. The number of hydrogen-bond donors (Lipinski definition) is 0. The molecule has 76 valence electrons. The van der Waals surface area contributed by atoms with E-state index in [2.05, 4.69) is 0 Å². The SMILES string of the molecule is CC1CCOC2(OCCC(C)O2)O1. The van der Waals surface area contributed by atoms with Crippen LogP contribution in [0.2, 0.25) is 0 Å². The molecular weight excluding hydrogens is 172 g/mol. The topological polar surface area (TPSA) is 36.9 Å². The zero-order chi connectivity index (χ0) is 9.31. The lowest BCUT2D eigenvalue weighted by Gasteiger charge is -2.42. The number of rotatable bonds is 0. The van der Waals surface area contributed by atoms with Crippen LogP contribution in [0.5, 0.6) is 0 Å². The third-order valence-electron chi connectivity index (χ3n) is 2.30. The quantitative estimate of drug-likeness (QED) is 0.573. The summed E-state index contributed by atoms with van der Waals surface area (Å²) in [5, 5.41) is 0. The molecule has 0 aliphatic carbocycles. The third kappa shape index (κ3) is 2.02. The van der Waals surface area contributed by atoms with Crippen molar-refractivity contribution in [2.45, 2.75) is 45.1 Å². The Morgan fingerprint density at radius 1 is 0.923 bits per heavy atom. The molecule has 0 aromatic carbocycles. The predicted molar refractivity (Wildman–Crippen MR) is 45.0 cm³/mol. The molecule has 2 aliphatic heterocycles. The minimum Gasteiger partial charge on any atom is -0.303 e. The summed E-state index contributed by atoms with van der Waals surface area (Å²) in [6.07, 6.45) is 0.860. The van der Waals surface area contributed by atoms with Crippen molar-refractivity contribution < 1.29 is 18.9 Å². The first kappa shape index (κ1) is 9.40. The molecule has 2 fully saturated rings. The normalized spacial score (nSPS) is 46.6. The van der Waals surface area contributed by atoms with Crippen LogP contribution in [-0.2, 0) is 18.9 Å². The summed E-state index contributed by atoms with van der Waals surface area (Å²) in [7, 11) is 0. The fraction of sp³-hybridized carbons (Fsp3) is 1.00. The van der Waals surface area contributed by atoms with Crippen molar-refractivity contribution in [1.82, 2.24) is 0 Å². The van der Waals surface area contributed by atoms with E-state index < -0.39 is 6.16 Å². The summed E-state index contributed by atoms with van der Waals surface area (Å²) < 4.78 is 21.8. The van der Waals surface area contributed by atoms with Crippen molar-refractivity contribution in [3.8, 4) is 0 Å². The Kier molecular flexibility index (Phi) is 2.55. The van der Waals surface area contributed by atoms with Crippen molar-refractivity contribution in [1.29, 1.82) is 0 Å². The van der Waals surface area contributed by atoms with Crippen LogP contribution in [0.15, 0.2) is 0 Å². The second kappa shape index (κ2) is 3.53. The average molecular weight is 188 g/mol. The van der Waals surface area contributed by atoms with Crippen LogP contribution in [0.25, 0.3) is 0 Å².